The Hall–Kier alpha value is -2.35. The average Bonchev–Trinajstić information content (AvgIpc) is 3.14. The zero-order chi connectivity index (χ0) is 16.7. The van der Waals surface area contributed by atoms with Gasteiger partial charge in [0.1, 0.15) is 0 Å². The second kappa shape index (κ2) is 5.94. The Kier molecular flexibility index (Phi) is 3.76. The van der Waals surface area contributed by atoms with Crippen LogP contribution < -0.4 is 4.90 Å². The maximum atomic E-state index is 12.5. The predicted molar refractivity (Wildman–Crippen MR) is 86.2 cm³/mol. The van der Waals surface area contributed by atoms with Gasteiger partial charge in [-0.25, -0.2) is 0 Å². The van der Waals surface area contributed by atoms with E-state index in [-0.39, 0.29) is 11.9 Å². The van der Waals surface area contributed by atoms with Crippen molar-refractivity contribution < 1.29 is 14.1 Å². The van der Waals surface area contributed by atoms with Gasteiger partial charge in [0.25, 0.3) is 5.91 Å². The molecule has 24 heavy (non-hydrogen) atoms. The van der Waals surface area contributed by atoms with Crippen LogP contribution in [-0.2, 0) is 4.74 Å². The Labute approximate surface area is 139 Å². The van der Waals surface area contributed by atoms with E-state index in [0.717, 1.165) is 24.5 Å². The van der Waals surface area contributed by atoms with Gasteiger partial charge in [-0.3, -0.25) is 9.48 Å². The van der Waals surface area contributed by atoms with Crippen molar-refractivity contribution in [3.05, 3.63) is 29.3 Å². The molecule has 0 saturated carbocycles. The molecule has 4 heterocycles. The molecule has 2 aromatic rings. The molecule has 128 valence electrons. The summed E-state index contributed by atoms with van der Waals surface area (Å²) in [6.45, 7) is 8.19. The molecule has 2 aliphatic heterocycles. The minimum Gasteiger partial charge on any atom is -0.378 e. The number of likely N-dealkylation sites (tertiary alicyclic amines) is 1. The first-order valence-corrected chi connectivity index (χ1v) is 8.23. The maximum absolute atomic E-state index is 12.5. The molecule has 0 aliphatic carbocycles. The zero-order valence-electron chi connectivity index (χ0n) is 13.9. The van der Waals surface area contributed by atoms with Crippen molar-refractivity contribution in [2.75, 3.05) is 44.3 Å². The normalized spacial score (nSPS) is 18.8. The van der Waals surface area contributed by atoms with Gasteiger partial charge in [-0.05, 0) is 19.9 Å². The molecule has 2 aromatic heterocycles. The molecule has 4 rings (SSSR count). The van der Waals surface area contributed by atoms with E-state index in [2.05, 4.69) is 21.2 Å². The highest BCUT2D eigenvalue weighted by Gasteiger charge is 2.35. The van der Waals surface area contributed by atoms with E-state index in [0.29, 0.717) is 37.9 Å². The third-order valence-electron chi connectivity index (χ3n) is 4.58. The summed E-state index contributed by atoms with van der Waals surface area (Å²) >= 11 is 0. The third-order valence-corrected chi connectivity index (χ3v) is 4.58. The fourth-order valence-electron chi connectivity index (χ4n) is 3.26. The number of hydrogen-bond acceptors (Lipinski definition) is 6. The fraction of sp³-hybridized carbons (Fsp3) is 0.562. The summed E-state index contributed by atoms with van der Waals surface area (Å²) in [4.78, 5) is 16.3. The van der Waals surface area contributed by atoms with Gasteiger partial charge in [-0.2, -0.15) is 5.10 Å². The van der Waals surface area contributed by atoms with Gasteiger partial charge in [-0.1, -0.05) is 5.16 Å². The topological polar surface area (TPSA) is 76.6 Å². The van der Waals surface area contributed by atoms with Gasteiger partial charge in [0.05, 0.1) is 24.9 Å². The number of morpholine rings is 1. The quantitative estimate of drug-likeness (QED) is 0.836. The summed E-state index contributed by atoms with van der Waals surface area (Å²) in [6.07, 6.45) is 0. The Morgan fingerprint density at radius 3 is 2.62 bits per heavy atom. The van der Waals surface area contributed by atoms with Crippen molar-refractivity contribution in [3.63, 3.8) is 0 Å². The monoisotopic (exact) mass is 331 g/mol. The number of rotatable bonds is 3. The molecule has 1 amide bonds. The Morgan fingerprint density at radius 2 is 1.96 bits per heavy atom. The lowest BCUT2D eigenvalue weighted by atomic mass is 10.1. The maximum Gasteiger partial charge on any atom is 0.292 e. The van der Waals surface area contributed by atoms with Crippen molar-refractivity contribution >= 4 is 11.7 Å². The number of amides is 1. The van der Waals surface area contributed by atoms with E-state index in [4.69, 9.17) is 9.26 Å². The molecule has 8 heteroatoms. The standard InChI is InChI=1S/C16H21N5O3/c1-11-7-12(2)21(17-11)13-9-20(10-13)16(22)14-8-15(18-24-14)19-3-5-23-6-4-19/h7-8,13H,3-6,9-10H2,1-2H3. The van der Waals surface area contributed by atoms with Crippen LogP contribution in [0.5, 0.6) is 0 Å². The largest absolute Gasteiger partial charge is 0.378 e. The van der Waals surface area contributed by atoms with E-state index >= 15 is 0 Å². The number of hydrogen-bond donors (Lipinski definition) is 0. The summed E-state index contributed by atoms with van der Waals surface area (Å²) in [5.74, 6) is 0.889. The lowest BCUT2D eigenvalue weighted by Crippen LogP contribution is -2.51. The number of ether oxygens (including phenoxy) is 1. The van der Waals surface area contributed by atoms with Gasteiger partial charge in [0, 0.05) is 37.9 Å². The SMILES string of the molecule is Cc1cc(C)n(C2CN(C(=O)c3cc(N4CCOCC4)no3)C2)n1. The van der Waals surface area contributed by atoms with Crippen LogP contribution in [0.25, 0.3) is 0 Å². The summed E-state index contributed by atoms with van der Waals surface area (Å²) in [5, 5.41) is 8.52. The van der Waals surface area contributed by atoms with Crippen molar-refractivity contribution in [1.82, 2.24) is 19.8 Å². The number of anilines is 1. The number of nitrogens with zero attached hydrogens (tertiary/aromatic N) is 5. The summed E-state index contributed by atoms with van der Waals surface area (Å²) in [6, 6.07) is 4.02. The summed E-state index contributed by atoms with van der Waals surface area (Å²) in [5.41, 5.74) is 2.13. The van der Waals surface area contributed by atoms with E-state index in [1.54, 1.807) is 11.0 Å². The average molecular weight is 331 g/mol. The highest BCUT2D eigenvalue weighted by Crippen LogP contribution is 2.25. The Morgan fingerprint density at radius 1 is 1.21 bits per heavy atom. The summed E-state index contributed by atoms with van der Waals surface area (Å²) in [7, 11) is 0. The van der Waals surface area contributed by atoms with E-state index in [1.165, 1.54) is 0 Å². The number of carbonyl (C=O) groups excluding carboxylic acids is 1. The minimum absolute atomic E-state index is 0.111. The second-order valence-electron chi connectivity index (χ2n) is 6.38. The van der Waals surface area contributed by atoms with Gasteiger partial charge >= 0.3 is 0 Å². The lowest BCUT2D eigenvalue weighted by Gasteiger charge is -2.39. The molecule has 0 N–H and O–H groups in total. The first kappa shape index (κ1) is 15.2. The first-order valence-electron chi connectivity index (χ1n) is 8.23. The highest BCUT2D eigenvalue weighted by molar-refractivity contribution is 5.92. The Bertz CT molecular complexity index is 741. The molecule has 2 aliphatic rings. The molecular weight excluding hydrogens is 310 g/mol. The molecule has 0 aromatic carbocycles. The van der Waals surface area contributed by atoms with Crippen LogP contribution in [0.4, 0.5) is 5.82 Å². The van der Waals surface area contributed by atoms with Gasteiger partial charge in [-0.15, -0.1) is 0 Å². The third kappa shape index (κ3) is 2.66. The Balaban J connectivity index is 1.39. The van der Waals surface area contributed by atoms with E-state index in [9.17, 15) is 4.79 Å². The van der Waals surface area contributed by atoms with Crippen LogP contribution >= 0.6 is 0 Å². The van der Waals surface area contributed by atoms with E-state index in [1.807, 2.05) is 18.5 Å². The van der Waals surface area contributed by atoms with Crippen molar-refractivity contribution in [3.8, 4) is 0 Å². The highest BCUT2D eigenvalue weighted by atomic mass is 16.5. The van der Waals surface area contributed by atoms with Crippen LogP contribution in [0.15, 0.2) is 16.7 Å². The smallest absolute Gasteiger partial charge is 0.292 e. The van der Waals surface area contributed by atoms with Crippen LogP contribution in [0.1, 0.15) is 28.0 Å². The molecule has 0 unspecified atom stereocenters. The van der Waals surface area contributed by atoms with Crippen LogP contribution in [0.3, 0.4) is 0 Å². The summed E-state index contributed by atoms with van der Waals surface area (Å²) < 4.78 is 12.6. The number of carbonyl (C=O) groups is 1. The first-order chi connectivity index (χ1) is 11.6. The minimum atomic E-state index is -0.111. The molecule has 0 bridgehead atoms. The fourth-order valence-corrected chi connectivity index (χ4v) is 3.26. The molecule has 2 fully saturated rings. The van der Waals surface area contributed by atoms with E-state index < -0.39 is 0 Å². The van der Waals surface area contributed by atoms with Crippen molar-refractivity contribution in [2.45, 2.75) is 19.9 Å². The molecule has 0 radical (unpaired) electrons. The number of aromatic nitrogens is 3. The molecular formula is C16H21N5O3. The van der Waals surface area contributed by atoms with Crippen LogP contribution in [0, 0.1) is 13.8 Å². The van der Waals surface area contributed by atoms with Crippen molar-refractivity contribution in [2.24, 2.45) is 0 Å². The zero-order valence-corrected chi connectivity index (χ0v) is 13.9. The molecule has 0 atom stereocenters. The van der Waals surface area contributed by atoms with Crippen LogP contribution in [0.2, 0.25) is 0 Å². The van der Waals surface area contributed by atoms with Gasteiger partial charge in [0.15, 0.2) is 5.82 Å². The number of aryl methyl sites for hydroxylation is 2. The van der Waals surface area contributed by atoms with Gasteiger partial charge < -0.3 is 19.1 Å². The lowest BCUT2D eigenvalue weighted by molar-refractivity contribution is 0.0457. The molecule has 2 saturated heterocycles. The van der Waals surface area contributed by atoms with Crippen molar-refractivity contribution in [1.29, 1.82) is 0 Å². The second-order valence-corrected chi connectivity index (χ2v) is 6.38. The predicted octanol–water partition coefficient (Wildman–Crippen LogP) is 1.02. The van der Waals surface area contributed by atoms with Gasteiger partial charge in [0.2, 0.25) is 5.76 Å². The van der Waals surface area contributed by atoms with Crippen LogP contribution in [-0.4, -0.2) is 65.1 Å². The molecule has 8 nitrogen and oxygen atoms in total. The molecule has 0 spiro atoms.